The second-order valence-corrected chi connectivity index (χ2v) is 5.48. The summed E-state index contributed by atoms with van der Waals surface area (Å²) >= 11 is 0. The van der Waals surface area contributed by atoms with Crippen molar-refractivity contribution in [3.05, 3.63) is 47.5 Å². The molecule has 4 nitrogen and oxygen atoms in total. The van der Waals surface area contributed by atoms with E-state index in [1.54, 1.807) is 12.1 Å². The highest BCUT2D eigenvalue weighted by Gasteiger charge is 2.18. The Morgan fingerprint density at radius 3 is 2.90 bits per heavy atom. The van der Waals surface area contributed by atoms with Gasteiger partial charge in [0.1, 0.15) is 5.82 Å². The lowest BCUT2D eigenvalue weighted by atomic mass is 10.2. The zero-order valence-electron chi connectivity index (χ0n) is 12.9. The molecule has 21 heavy (non-hydrogen) atoms. The third-order valence-electron chi connectivity index (χ3n) is 3.48. The minimum Gasteiger partial charge on any atom is -0.361 e. The van der Waals surface area contributed by atoms with E-state index in [9.17, 15) is 4.39 Å². The van der Waals surface area contributed by atoms with E-state index in [2.05, 4.69) is 40.8 Å². The van der Waals surface area contributed by atoms with Gasteiger partial charge in [-0.15, -0.1) is 0 Å². The summed E-state index contributed by atoms with van der Waals surface area (Å²) in [6, 6.07) is 6.81. The Bertz CT molecular complexity index is 475. The highest BCUT2D eigenvalue weighted by molar-refractivity contribution is 5.18. The van der Waals surface area contributed by atoms with Gasteiger partial charge >= 0.3 is 0 Å². The van der Waals surface area contributed by atoms with E-state index in [1.165, 1.54) is 24.6 Å². The number of benzene rings is 1. The second-order valence-electron chi connectivity index (χ2n) is 5.48. The first-order valence-corrected chi connectivity index (χ1v) is 7.55. The molecule has 0 bridgehead atoms. The molecule has 0 spiro atoms. The lowest BCUT2D eigenvalue weighted by Gasteiger charge is -2.23. The fourth-order valence-corrected chi connectivity index (χ4v) is 2.41. The van der Waals surface area contributed by atoms with Crippen molar-refractivity contribution >= 4 is 0 Å². The van der Waals surface area contributed by atoms with Crippen molar-refractivity contribution in [1.29, 1.82) is 0 Å². The van der Waals surface area contributed by atoms with Crippen LogP contribution in [0.3, 0.4) is 0 Å². The van der Waals surface area contributed by atoms with Gasteiger partial charge in [-0.2, -0.15) is 0 Å². The molecule has 1 aromatic carbocycles. The average molecular weight is 292 g/mol. The van der Waals surface area contributed by atoms with E-state index in [1.807, 2.05) is 6.07 Å². The molecule has 0 saturated heterocycles. The van der Waals surface area contributed by atoms with Gasteiger partial charge in [0.25, 0.3) is 0 Å². The first kappa shape index (κ1) is 15.8. The summed E-state index contributed by atoms with van der Waals surface area (Å²) < 4.78 is 13.3. The molecule has 2 rings (SSSR count). The Hall–Kier alpha value is -1.59. The number of rotatable bonds is 8. The summed E-state index contributed by atoms with van der Waals surface area (Å²) in [6.45, 7) is 5.48. The largest absolute Gasteiger partial charge is 0.361 e. The van der Waals surface area contributed by atoms with Crippen molar-refractivity contribution in [3.8, 4) is 0 Å². The normalized spacial score (nSPS) is 14.7. The van der Waals surface area contributed by atoms with E-state index in [0.717, 1.165) is 31.9 Å². The summed E-state index contributed by atoms with van der Waals surface area (Å²) in [5.41, 5.74) is 8.68. The zero-order chi connectivity index (χ0) is 15.1. The van der Waals surface area contributed by atoms with E-state index in [-0.39, 0.29) is 5.82 Å². The molecule has 0 aromatic heterocycles. The van der Waals surface area contributed by atoms with Gasteiger partial charge < -0.3 is 9.80 Å². The standard InChI is InChI=1S/C16H25FN4/c1-3-4-8-18-19-10-16-12-20(2)13-21(16)11-14-6-5-7-15(17)9-14/h5-7,9,12,18-19H,3-4,8,10-11,13H2,1-2H3. The van der Waals surface area contributed by atoms with Crippen LogP contribution in [0.1, 0.15) is 25.3 Å². The number of halogens is 1. The Morgan fingerprint density at radius 2 is 2.14 bits per heavy atom. The summed E-state index contributed by atoms with van der Waals surface area (Å²) in [4.78, 5) is 4.39. The molecule has 5 heteroatoms. The Labute approximate surface area is 126 Å². The van der Waals surface area contributed by atoms with Gasteiger partial charge in [-0.05, 0) is 24.1 Å². The van der Waals surface area contributed by atoms with Crippen LogP contribution in [0.25, 0.3) is 0 Å². The lowest BCUT2D eigenvalue weighted by Crippen LogP contribution is -2.37. The van der Waals surface area contributed by atoms with Crippen molar-refractivity contribution < 1.29 is 4.39 Å². The van der Waals surface area contributed by atoms with Crippen molar-refractivity contribution in [2.45, 2.75) is 26.3 Å². The third kappa shape index (κ3) is 5.02. The van der Waals surface area contributed by atoms with Gasteiger partial charge in [0.15, 0.2) is 0 Å². The first-order chi connectivity index (χ1) is 10.2. The van der Waals surface area contributed by atoms with Crippen LogP contribution in [-0.4, -0.2) is 36.6 Å². The summed E-state index contributed by atoms with van der Waals surface area (Å²) in [5.74, 6) is -0.176. The van der Waals surface area contributed by atoms with Crippen LogP contribution in [0, 0.1) is 5.82 Å². The third-order valence-corrected chi connectivity index (χ3v) is 3.48. The molecule has 0 unspecified atom stereocenters. The molecule has 1 aromatic rings. The van der Waals surface area contributed by atoms with Crippen LogP contribution in [0.15, 0.2) is 36.2 Å². The first-order valence-electron chi connectivity index (χ1n) is 7.55. The molecule has 0 fully saturated rings. The molecule has 116 valence electrons. The van der Waals surface area contributed by atoms with Crippen LogP contribution in [0.5, 0.6) is 0 Å². The lowest BCUT2D eigenvalue weighted by molar-refractivity contribution is 0.269. The Kier molecular flexibility index (Phi) is 6.02. The maximum atomic E-state index is 13.3. The molecule has 0 atom stereocenters. The molecule has 0 amide bonds. The number of hydrogen-bond acceptors (Lipinski definition) is 4. The average Bonchev–Trinajstić information content (AvgIpc) is 2.78. The number of nitrogens with one attached hydrogen (secondary N) is 2. The number of nitrogens with zero attached hydrogens (tertiary/aromatic N) is 2. The van der Waals surface area contributed by atoms with Crippen LogP contribution in [0.4, 0.5) is 4.39 Å². The van der Waals surface area contributed by atoms with Crippen molar-refractivity contribution in [2.75, 3.05) is 26.8 Å². The van der Waals surface area contributed by atoms with Gasteiger partial charge in [-0.1, -0.05) is 25.5 Å². The molecular formula is C16H25FN4. The molecule has 1 aliphatic rings. The minimum atomic E-state index is -0.176. The van der Waals surface area contributed by atoms with E-state index in [0.29, 0.717) is 0 Å². The van der Waals surface area contributed by atoms with Gasteiger partial charge in [0.2, 0.25) is 0 Å². The van der Waals surface area contributed by atoms with Crippen molar-refractivity contribution in [3.63, 3.8) is 0 Å². The van der Waals surface area contributed by atoms with E-state index in [4.69, 9.17) is 0 Å². The molecule has 1 heterocycles. The quantitative estimate of drug-likeness (QED) is 0.568. The maximum absolute atomic E-state index is 13.3. The van der Waals surface area contributed by atoms with Crippen LogP contribution < -0.4 is 10.9 Å². The monoisotopic (exact) mass is 292 g/mol. The maximum Gasteiger partial charge on any atom is 0.123 e. The molecule has 0 saturated carbocycles. The molecule has 1 aliphatic heterocycles. The number of hydrogen-bond donors (Lipinski definition) is 2. The van der Waals surface area contributed by atoms with Crippen LogP contribution in [0.2, 0.25) is 0 Å². The summed E-state index contributed by atoms with van der Waals surface area (Å²) in [5, 5.41) is 0. The number of unbranched alkanes of at least 4 members (excludes halogenated alkanes) is 1. The predicted molar refractivity (Wildman–Crippen MR) is 83.6 cm³/mol. The molecular weight excluding hydrogens is 267 g/mol. The summed E-state index contributed by atoms with van der Waals surface area (Å²) in [7, 11) is 2.05. The second kappa shape index (κ2) is 8.00. The van der Waals surface area contributed by atoms with Gasteiger partial charge in [-0.25, -0.2) is 4.39 Å². The molecule has 2 N–H and O–H groups in total. The Balaban J connectivity index is 1.85. The van der Waals surface area contributed by atoms with Gasteiger partial charge in [0, 0.05) is 32.0 Å². The van der Waals surface area contributed by atoms with Gasteiger partial charge in [0.05, 0.1) is 13.2 Å². The van der Waals surface area contributed by atoms with E-state index < -0.39 is 0 Å². The highest BCUT2D eigenvalue weighted by Crippen LogP contribution is 2.17. The zero-order valence-corrected chi connectivity index (χ0v) is 12.9. The highest BCUT2D eigenvalue weighted by atomic mass is 19.1. The van der Waals surface area contributed by atoms with E-state index >= 15 is 0 Å². The molecule has 0 aliphatic carbocycles. The Morgan fingerprint density at radius 1 is 1.29 bits per heavy atom. The van der Waals surface area contributed by atoms with Crippen LogP contribution in [-0.2, 0) is 6.54 Å². The minimum absolute atomic E-state index is 0.176. The number of hydrazine groups is 1. The predicted octanol–water partition coefficient (Wildman–Crippen LogP) is 2.27. The van der Waals surface area contributed by atoms with Crippen molar-refractivity contribution in [1.82, 2.24) is 20.7 Å². The van der Waals surface area contributed by atoms with Crippen molar-refractivity contribution in [2.24, 2.45) is 0 Å². The fraction of sp³-hybridized carbons (Fsp3) is 0.500. The van der Waals surface area contributed by atoms with Crippen LogP contribution >= 0.6 is 0 Å². The topological polar surface area (TPSA) is 30.5 Å². The SMILES string of the molecule is CCCCNNCC1=CN(C)CN1Cc1cccc(F)c1. The summed E-state index contributed by atoms with van der Waals surface area (Å²) in [6.07, 6.45) is 4.48. The smallest absolute Gasteiger partial charge is 0.123 e. The molecule has 0 radical (unpaired) electrons. The van der Waals surface area contributed by atoms with Gasteiger partial charge in [-0.3, -0.25) is 10.9 Å². The fourth-order valence-electron chi connectivity index (χ4n) is 2.41.